The molecule has 0 bridgehead atoms. The Kier molecular flexibility index (Phi) is 1.96. The Labute approximate surface area is 74.6 Å². The van der Waals surface area contributed by atoms with E-state index >= 15 is 0 Å². The summed E-state index contributed by atoms with van der Waals surface area (Å²) in [4.78, 5) is 10.9. The molecule has 2 heterocycles. The average Bonchev–Trinajstić information content (AvgIpc) is 2.44. The van der Waals surface area contributed by atoms with Gasteiger partial charge in [0.25, 0.3) is 0 Å². The molecule has 0 unspecified atom stereocenters. The van der Waals surface area contributed by atoms with Gasteiger partial charge in [0.15, 0.2) is 5.82 Å². The summed E-state index contributed by atoms with van der Waals surface area (Å²) in [5.41, 5.74) is 0. The SMILES string of the molecule is O=C(O)[C@H]1CCCCn2nnnc21. The van der Waals surface area contributed by atoms with Gasteiger partial charge in [-0.3, -0.25) is 4.79 Å². The topological polar surface area (TPSA) is 80.9 Å². The van der Waals surface area contributed by atoms with Crippen molar-refractivity contribution in [1.29, 1.82) is 0 Å². The molecule has 1 atom stereocenters. The Morgan fingerprint density at radius 2 is 2.38 bits per heavy atom. The van der Waals surface area contributed by atoms with Crippen LogP contribution in [0, 0.1) is 0 Å². The quantitative estimate of drug-likeness (QED) is 0.662. The number of tetrazole rings is 1. The summed E-state index contributed by atoms with van der Waals surface area (Å²) < 4.78 is 1.59. The molecule has 0 aliphatic carbocycles. The molecule has 0 saturated heterocycles. The molecule has 0 aromatic carbocycles. The van der Waals surface area contributed by atoms with Crippen LogP contribution in [0.5, 0.6) is 0 Å². The van der Waals surface area contributed by atoms with Crippen molar-refractivity contribution in [3.05, 3.63) is 5.82 Å². The second kappa shape index (κ2) is 3.12. The van der Waals surface area contributed by atoms with Gasteiger partial charge in [-0.05, 0) is 23.3 Å². The molecule has 1 aromatic rings. The number of carbonyl (C=O) groups is 1. The minimum absolute atomic E-state index is 0.491. The zero-order valence-electron chi connectivity index (χ0n) is 7.05. The van der Waals surface area contributed by atoms with Gasteiger partial charge in [0.2, 0.25) is 0 Å². The molecule has 6 nitrogen and oxygen atoms in total. The molecule has 2 rings (SSSR count). The molecule has 13 heavy (non-hydrogen) atoms. The highest BCUT2D eigenvalue weighted by atomic mass is 16.4. The Morgan fingerprint density at radius 1 is 1.54 bits per heavy atom. The van der Waals surface area contributed by atoms with E-state index < -0.39 is 11.9 Å². The van der Waals surface area contributed by atoms with E-state index in [-0.39, 0.29) is 0 Å². The smallest absolute Gasteiger partial charge is 0.314 e. The van der Waals surface area contributed by atoms with Gasteiger partial charge >= 0.3 is 5.97 Å². The molecule has 1 aliphatic heterocycles. The highest BCUT2D eigenvalue weighted by Crippen LogP contribution is 2.23. The van der Waals surface area contributed by atoms with E-state index in [0.717, 1.165) is 19.4 Å². The second-order valence-corrected chi connectivity index (χ2v) is 3.15. The van der Waals surface area contributed by atoms with E-state index in [1.54, 1.807) is 4.68 Å². The van der Waals surface area contributed by atoms with Gasteiger partial charge < -0.3 is 5.11 Å². The highest BCUT2D eigenvalue weighted by Gasteiger charge is 2.27. The Hall–Kier alpha value is -1.46. The molecule has 1 aliphatic rings. The maximum Gasteiger partial charge on any atom is 0.314 e. The van der Waals surface area contributed by atoms with Gasteiger partial charge in [-0.2, -0.15) is 0 Å². The number of rotatable bonds is 1. The van der Waals surface area contributed by atoms with E-state index in [2.05, 4.69) is 15.5 Å². The first-order chi connectivity index (χ1) is 6.29. The van der Waals surface area contributed by atoms with E-state index in [1.807, 2.05) is 0 Å². The molecule has 0 fully saturated rings. The number of carboxylic acids is 1. The van der Waals surface area contributed by atoms with Crippen LogP contribution >= 0.6 is 0 Å². The van der Waals surface area contributed by atoms with E-state index in [9.17, 15) is 4.79 Å². The second-order valence-electron chi connectivity index (χ2n) is 3.15. The van der Waals surface area contributed by atoms with Crippen molar-refractivity contribution in [2.75, 3.05) is 0 Å². The molecule has 70 valence electrons. The molecule has 1 N–H and O–H groups in total. The molecule has 0 saturated carbocycles. The third-order valence-electron chi connectivity index (χ3n) is 2.28. The number of aryl methyl sites for hydroxylation is 1. The van der Waals surface area contributed by atoms with Gasteiger partial charge in [0.1, 0.15) is 5.92 Å². The first-order valence-corrected chi connectivity index (χ1v) is 4.28. The lowest BCUT2D eigenvalue weighted by Gasteiger charge is -2.05. The molecule has 1 aromatic heterocycles. The Morgan fingerprint density at radius 3 is 3.15 bits per heavy atom. The number of aromatic nitrogens is 4. The van der Waals surface area contributed by atoms with Crippen molar-refractivity contribution < 1.29 is 9.90 Å². The largest absolute Gasteiger partial charge is 0.481 e. The van der Waals surface area contributed by atoms with Gasteiger partial charge in [-0.15, -0.1) is 5.10 Å². The molecule has 0 spiro atoms. The molecule has 0 amide bonds. The van der Waals surface area contributed by atoms with Crippen molar-refractivity contribution in [1.82, 2.24) is 20.2 Å². The van der Waals surface area contributed by atoms with Crippen LogP contribution in [0.2, 0.25) is 0 Å². The summed E-state index contributed by atoms with van der Waals surface area (Å²) in [6.07, 6.45) is 2.49. The number of carboxylic acid groups (broad SMARTS) is 1. The van der Waals surface area contributed by atoms with Crippen molar-refractivity contribution in [3.8, 4) is 0 Å². The monoisotopic (exact) mass is 182 g/mol. The number of fused-ring (bicyclic) bond motifs is 1. The minimum Gasteiger partial charge on any atom is -0.481 e. The summed E-state index contributed by atoms with van der Waals surface area (Å²) in [5, 5.41) is 19.9. The number of hydrogen-bond acceptors (Lipinski definition) is 4. The van der Waals surface area contributed by atoms with E-state index in [0.29, 0.717) is 12.2 Å². The third-order valence-corrected chi connectivity index (χ3v) is 2.28. The van der Waals surface area contributed by atoms with Gasteiger partial charge in [0.05, 0.1) is 0 Å². The first kappa shape index (κ1) is 8.15. The fraction of sp³-hybridized carbons (Fsp3) is 0.714. The fourth-order valence-electron chi connectivity index (χ4n) is 1.59. The van der Waals surface area contributed by atoms with Crippen LogP contribution in [0.25, 0.3) is 0 Å². The highest BCUT2D eigenvalue weighted by molar-refractivity contribution is 5.74. The lowest BCUT2D eigenvalue weighted by atomic mass is 10.0. The van der Waals surface area contributed by atoms with Crippen molar-refractivity contribution in [2.24, 2.45) is 0 Å². The zero-order valence-corrected chi connectivity index (χ0v) is 7.05. The molecular formula is C7H10N4O2. The molecule has 6 heteroatoms. The average molecular weight is 182 g/mol. The van der Waals surface area contributed by atoms with Crippen molar-refractivity contribution in [2.45, 2.75) is 31.7 Å². The van der Waals surface area contributed by atoms with Gasteiger partial charge in [0, 0.05) is 6.54 Å². The van der Waals surface area contributed by atoms with Gasteiger partial charge in [-0.1, -0.05) is 6.42 Å². The summed E-state index contributed by atoms with van der Waals surface area (Å²) in [6.45, 7) is 0.728. The molecule has 0 radical (unpaired) electrons. The lowest BCUT2D eigenvalue weighted by molar-refractivity contribution is -0.139. The van der Waals surface area contributed by atoms with Crippen LogP contribution in [0.3, 0.4) is 0 Å². The Balaban J connectivity index is 2.36. The predicted octanol–water partition coefficient (Wildman–Crippen LogP) is 0.0252. The van der Waals surface area contributed by atoms with Gasteiger partial charge in [-0.25, -0.2) is 4.68 Å². The fourth-order valence-corrected chi connectivity index (χ4v) is 1.59. The standard InChI is InChI=1S/C7H10N4O2/c12-7(13)5-3-1-2-4-11-6(5)8-9-10-11/h5H,1-4H2,(H,12,13)/t5-/m0/s1. The van der Waals surface area contributed by atoms with Crippen LogP contribution in [-0.4, -0.2) is 31.3 Å². The minimum atomic E-state index is -0.835. The third kappa shape index (κ3) is 1.39. The number of nitrogens with zero attached hydrogens (tertiary/aromatic N) is 4. The predicted molar refractivity (Wildman–Crippen MR) is 42.0 cm³/mol. The first-order valence-electron chi connectivity index (χ1n) is 4.28. The lowest BCUT2D eigenvalue weighted by Crippen LogP contribution is -2.15. The van der Waals surface area contributed by atoms with Crippen LogP contribution in [0.15, 0.2) is 0 Å². The maximum absolute atomic E-state index is 10.9. The van der Waals surface area contributed by atoms with Crippen LogP contribution in [0.4, 0.5) is 0 Å². The van der Waals surface area contributed by atoms with Crippen LogP contribution in [-0.2, 0) is 11.3 Å². The van der Waals surface area contributed by atoms with E-state index in [1.165, 1.54) is 0 Å². The normalized spacial score (nSPS) is 22.0. The van der Waals surface area contributed by atoms with Crippen molar-refractivity contribution >= 4 is 5.97 Å². The number of hydrogen-bond donors (Lipinski definition) is 1. The maximum atomic E-state index is 10.9. The summed E-state index contributed by atoms with van der Waals surface area (Å²) >= 11 is 0. The summed E-state index contributed by atoms with van der Waals surface area (Å²) in [6, 6.07) is 0. The molecular weight excluding hydrogens is 172 g/mol. The summed E-state index contributed by atoms with van der Waals surface area (Å²) in [7, 11) is 0. The Bertz CT molecular complexity index is 322. The van der Waals surface area contributed by atoms with Crippen molar-refractivity contribution in [3.63, 3.8) is 0 Å². The zero-order chi connectivity index (χ0) is 9.26. The van der Waals surface area contributed by atoms with E-state index in [4.69, 9.17) is 5.11 Å². The summed E-state index contributed by atoms with van der Waals surface area (Å²) in [5.74, 6) is -0.875. The van der Waals surface area contributed by atoms with Crippen LogP contribution < -0.4 is 0 Å². The number of aliphatic carboxylic acids is 1. The van der Waals surface area contributed by atoms with Crippen LogP contribution in [0.1, 0.15) is 31.0 Å².